The number of thiophene rings is 2. The molecule has 0 nitrogen and oxygen atoms in total. The van der Waals surface area contributed by atoms with Crippen molar-refractivity contribution in [2.75, 3.05) is 0 Å². The highest BCUT2D eigenvalue weighted by molar-refractivity contribution is 7.18. The van der Waals surface area contributed by atoms with E-state index in [1.54, 1.807) is 0 Å². The van der Waals surface area contributed by atoms with Crippen molar-refractivity contribution < 1.29 is 0 Å². The van der Waals surface area contributed by atoms with Gasteiger partial charge in [-0.3, -0.25) is 0 Å². The van der Waals surface area contributed by atoms with Crippen molar-refractivity contribution in [2.24, 2.45) is 0 Å². The van der Waals surface area contributed by atoms with Gasteiger partial charge in [-0.25, -0.2) is 0 Å². The molecule has 2 aromatic rings. The third-order valence-corrected chi connectivity index (χ3v) is 5.01. The molecule has 0 saturated carbocycles. The van der Waals surface area contributed by atoms with Crippen molar-refractivity contribution in [3.63, 3.8) is 0 Å². The lowest BCUT2D eigenvalue weighted by Gasteiger charge is -2.02. The Morgan fingerprint density at radius 2 is 1.29 bits per heavy atom. The van der Waals surface area contributed by atoms with Crippen molar-refractivity contribution in [1.29, 1.82) is 0 Å². The Kier molecular flexibility index (Phi) is 3.40. The van der Waals surface area contributed by atoms with E-state index in [1.807, 2.05) is 24.3 Å². The largest absolute Gasteiger partial charge is 0.126 e. The van der Waals surface area contributed by atoms with Gasteiger partial charge in [-0.2, -0.15) is 0 Å². The SMILES string of the molecule is Clc1ccc(C(Cl)c2ccc(Cl)s2)s1. The molecule has 0 N–H and O–H groups in total. The standard InChI is InChI=1S/C9H5Cl3S2/c10-7-3-1-5(13-7)9(12)6-2-4-8(11)14-6/h1-4,9H. The minimum absolute atomic E-state index is 0.134. The average molecular weight is 284 g/mol. The monoisotopic (exact) mass is 282 g/mol. The molecule has 14 heavy (non-hydrogen) atoms. The predicted molar refractivity (Wildman–Crippen MR) is 66.4 cm³/mol. The molecular formula is C9H5Cl3S2. The van der Waals surface area contributed by atoms with Crippen molar-refractivity contribution >= 4 is 57.5 Å². The topological polar surface area (TPSA) is 0 Å². The van der Waals surface area contributed by atoms with Crippen LogP contribution in [0.3, 0.4) is 0 Å². The van der Waals surface area contributed by atoms with Crippen LogP contribution in [-0.2, 0) is 0 Å². The lowest BCUT2D eigenvalue weighted by Crippen LogP contribution is -1.83. The molecule has 0 aromatic carbocycles. The summed E-state index contributed by atoms with van der Waals surface area (Å²) in [6.07, 6.45) is 0. The van der Waals surface area contributed by atoms with E-state index in [2.05, 4.69) is 0 Å². The molecule has 0 spiro atoms. The zero-order valence-electron chi connectivity index (χ0n) is 6.84. The molecule has 0 amide bonds. The second kappa shape index (κ2) is 4.42. The van der Waals surface area contributed by atoms with Gasteiger partial charge in [-0.15, -0.1) is 34.3 Å². The summed E-state index contributed by atoms with van der Waals surface area (Å²) in [6, 6.07) is 7.59. The summed E-state index contributed by atoms with van der Waals surface area (Å²) in [5.41, 5.74) is 0. The van der Waals surface area contributed by atoms with Crippen LogP contribution in [0.1, 0.15) is 15.1 Å². The maximum Gasteiger partial charge on any atom is 0.102 e. The Labute approximate surface area is 105 Å². The third kappa shape index (κ3) is 2.26. The van der Waals surface area contributed by atoms with E-state index in [0.717, 1.165) is 18.4 Å². The van der Waals surface area contributed by atoms with Gasteiger partial charge in [0.1, 0.15) is 5.38 Å². The molecular weight excluding hydrogens is 279 g/mol. The Morgan fingerprint density at radius 1 is 0.857 bits per heavy atom. The quantitative estimate of drug-likeness (QED) is 0.643. The molecule has 5 heteroatoms. The van der Waals surface area contributed by atoms with Crippen molar-refractivity contribution in [1.82, 2.24) is 0 Å². The van der Waals surface area contributed by atoms with Gasteiger partial charge in [-0.05, 0) is 24.3 Å². The molecule has 0 fully saturated rings. The van der Waals surface area contributed by atoms with E-state index in [1.165, 1.54) is 22.7 Å². The molecule has 0 radical (unpaired) electrons. The van der Waals surface area contributed by atoms with Crippen molar-refractivity contribution in [2.45, 2.75) is 5.38 Å². The van der Waals surface area contributed by atoms with Gasteiger partial charge < -0.3 is 0 Å². The van der Waals surface area contributed by atoms with Crippen molar-refractivity contribution in [3.05, 3.63) is 42.7 Å². The third-order valence-electron chi connectivity index (χ3n) is 1.69. The van der Waals surface area contributed by atoms with Crippen LogP contribution in [0, 0.1) is 0 Å². The van der Waals surface area contributed by atoms with Crippen LogP contribution in [0.25, 0.3) is 0 Å². The normalized spacial score (nSPS) is 11.1. The summed E-state index contributed by atoms with van der Waals surface area (Å²) >= 11 is 20.9. The van der Waals surface area contributed by atoms with Gasteiger partial charge in [-0.1, -0.05) is 23.2 Å². The van der Waals surface area contributed by atoms with Gasteiger partial charge in [0.25, 0.3) is 0 Å². The van der Waals surface area contributed by atoms with E-state index < -0.39 is 0 Å². The lowest BCUT2D eigenvalue weighted by atomic mass is 10.3. The second-order valence-electron chi connectivity index (χ2n) is 2.65. The number of hydrogen-bond donors (Lipinski definition) is 0. The molecule has 0 saturated heterocycles. The molecule has 0 atom stereocenters. The molecule has 0 unspecified atom stereocenters. The Balaban J connectivity index is 2.28. The van der Waals surface area contributed by atoms with E-state index >= 15 is 0 Å². The van der Waals surface area contributed by atoms with Crippen LogP contribution in [-0.4, -0.2) is 0 Å². The van der Waals surface area contributed by atoms with Crippen LogP contribution in [0.4, 0.5) is 0 Å². The average Bonchev–Trinajstić information content (AvgIpc) is 2.73. The minimum Gasteiger partial charge on any atom is -0.126 e. The smallest absolute Gasteiger partial charge is 0.102 e. The van der Waals surface area contributed by atoms with Gasteiger partial charge >= 0.3 is 0 Å². The fourth-order valence-electron chi connectivity index (χ4n) is 1.07. The van der Waals surface area contributed by atoms with E-state index in [4.69, 9.17) is 34.8 Å². The minimum atomic E-state index is -0.134. The van der Waals surface area contributed by atoms with Gasteiger partial charge in [0.05, 0.1) is 8.67 Å². The van der Waals surface area contributed by atoms with Crippen molar-refractivity contribution in [3.8, 4) is 0 Å². The maximum absolute atomic E-state index is 6.26. The molecule has 0 aliphatic rings. The first-order valence-electron chi connectivity index (χ1n) is 3.81. The van der Waals surface area contributed by atoms with Crippen LogP contribution in [0.15, 0.2) is 24.3 Å². The maximum atomic E-state index is 6.26. The molecule has 0 bridgehead atoms. The highest BCUT2D eigenvalue weighted by Gasteiger charge is 2.14. The first-order valence-corrected chi connectivity index (χ1v) is 6.64. The summed E-state index contributed by atoms with van der Waals surface area (Å²) in [5, 5.41) is -0.134. The van der Waals surface area contributed by atoms with E-state index in [9.17, 15) is 0 Å². The Bertz CT molecular complexity index is 392. The Morgan fingerprint density at radius 3 is 1.57 bits per heavy atom. The molecule has 0 aliphatic carbocycles. The zero-order valence-corrected chi connectivity index (χ0v) is 10.7. The lowest BCUT2D eigenvalue weighted by molar-refractivity contribution is 1.24. The van der Waals surface area contributed by atoms with Gasteiger partial charge in [0, 0.05) is 9.75 Å². The number of alkyl halides is 1. The molecule has 2 rings (SSSR count). The summed E-state index contributed by atoms with van der Waals surface area (Å²) in [6.45, 7) is 0. The molecule has 0 aliphatic heterocycles. The van der Waals surface area contributed by atoms with Crippen LogP contribution >= 0.6 is 57.5 Å². The fraction of sp³-hybridized carbons (Fsp3) is 0.111. The highest BCUT2D eigenvalue weighted by Crippen LogP contribution is 2.39. The summed E-state index contributed by atoms with van der Waals surface area (Å²) in [5.74, 6) is 0. The highest BCUT2D eigenvalue weighted by atomic mass is 35.5. The predicted octanol–water partition coefficient (Wildman–Crippen LogP) is 5.44. The van der Waals surface area contributed by atoms with Crippen LogP contribution in [0.5, 0.6) is 0 Å². The van der Waals surface area contributed by atoms with E-state index in [0.29, 0.717) is 0 Å². The van der Waals surface area contributed by atoms with Crippen LogP contribution in [0.2, 0.25) is 8.67 Å². The van der Waals surface area contributed by atoms with Gasteiger partial charge in [0.15, 0.2) is 0 Å². The molecule has 74 valence electrons. The molecule has 2 heterocycles. The second-order valence-corrected chi connectivity index (χ2v) is 6.58. The van der Waals surface area contributed by atoms with Crippen LogP contribution < -0.4 is 0 Å². The first kappa shape index (κ1) is 10.8. The number of hydrogen-bond acceptors (Lipinski definition) is 2. The first-order chi connectivity index (χ1) is 6.66. The summed E-state index contributed by atoms with van der Waals surface area (Å²) in [4.78, 5) is 2.10. The zero-order chi connectivity index (χ0) is 10.1. The molecule has 2 aromatic heterocycles. The summed E-state index contributed by atoms with van der Waals surface area (Å²) in [7, 11) is 0. The summed E-state index contributed by atoms with van der Waals surface area (Å²) < 4.78 is 1.52. The number of rotatable bonds is 2. The van der Waals surface area contributed by atoms with Gasteiger partial charge in [0.2, 0.25) is 0 Å². The fourth-order valence-corrected chi connectivity index (χ4v) is 3.67. The van der Waals surface area contributed by atoms with E-state index in [-0.39, 0.29) is 5.38 Å². The number of halogens is 3. The Hall–Kier alpha value is 0.270.